The van der Waals surface area contributed by atoms with Gasteiger partial charge in [-0.2, -0.15) is 0 Å². The number of carbonyl (C=O) groups is 1. The van der Waals surface area contributed by atoms with Crippen LogP contribution in [0.25, 0.3) is 0 Å². The fraction of sp³-hybridized carbons (Fsp3) is 0. The third-order valence-electron chi connectivity index (χ3n) is 3.63. The van der Waals surface area contributed by atoms with Gasteiger partial charge in [-0.15, -0.1) is 0 Å². The minimum atomic E-state index is -3.86. The first kappa shape index (κ1) is 18.4. The molecule has 0 heterocycles. The Balaban J connectivity index is 1.71. The zero-order valence-corrected chi connectivity index (χ0v) is 14.7. The van der Waals surface area contributed by atoms with Crippen LogP contribution in [0.1, 0.15) is 10.4 Å². The Labute approximate surface area is 155 Å². The maximum absolute atomic E-state index is 12.9. The Morgan fingerprint density at radius 3 is 2.19 bits per heavy atom. The zero-order valence-electron chi connectivity index (χ0n) is 13.9. The topological polar surface area (TPSA) is 95.5 Å². The number of hydrogen-bond acceptors (Lipinski definition) is 4. The summed E-state index contributed by atoms with van der Waals surface area (Å²) in [5, 5.41) is 12.0. The molecule has 27 heavy (non-hydrogen) atoms. The molecule has 0 saturated carbocycles. The first-order chi connectivity index (χ1) is 12.8. The van der Waals surface area contributed by atoms with Crippen molar-refractivity contribution in [3.05, 3.63) is 84.2 Å². The molecule has 3 aromatic rings. The van der Waals surface area contributed by atoms with Crippen molar-refractivity contribution in [1.82, 2.24) is 0 Å². The second-order valence-corrected chi connectivity index (χ2v) is 7.32. The summed E-state index contributed by atoms with van der Waals surface area (Å²) in [6.45, 7) is 0. The van der Waals surface area contributed by atoms with Gasteiger partial charge in [-0.25, -0.2) is 12.8 Å². The summed E-state index contributed by atoms with van der Waals surface area (Å²) in [4.78, 5) is 12.1. The lowest BCUT2D eigenvalue weighted by Crippen LogP contribution is -2.14. The molecule has 0 radical (unpaired) electrons. The van der Waals surface area contributed by atoms with Crippen LogP contribution in [0.2, 0.25) is 0 Å². The Bertz CT molecular complexity index is 1070. The summed E-state index contributed by atoms with van der Waals surface area (Å²) in [6.07, 6.45) is 0. The summed E-state index contributed by atoms with van der Waals surface area (Å²) in [7, 11) is -3.86. The van der Waals surface area contributed by atoms with E-state index in [1.54, 1.807) is 12.1 Å². The number of aromatic hydroxyl groups is 1. The number of phenols is 1. The molecule has 0 aliphatic heterocycles. The van der Waals surface area contributed by atoms with E-state index in [-0.39, 0.29) is 16.3 Å². The molecule has 0 bridgehead atoms. The van der Waals surface area contributed by atoms with Crippen LogP contribution >= 0.6 is 0 Å². The highest BCUT2D eigenvalue weighted by atomic mass is 32.2. The molecule has 3 rings (SSSR count). The lowest BCUT2D eigenvalue weighted by molar-refractivity contribution is 0.102. The van der Waals surface area contributed by atoms with Crippen molar-refractivity contribution < 1.29 is 22.7 Å². The number of halogens is 1. The van der Waals surface area contributed by atoms with Crippen LogP contribution in [-0.4, -0.2) is 19.4 Å². The average Bonchev–Trinajstić information content (AvgIpc) is 2.62. The molecule has 0 saturated heterocycles. The van der Waals surface area contributed by atoms with Gasteiger partial charge in [0, 0.05) is 23.0 Å². The van der Waals surface area contributed by atoms with Crippen LogP contribution in [0.3, 0.4) is 0 Å². The van der Waals surface area contributed by atoms with E-state index in [1.165, 1.54) is 36.4 Å². The smallest absolute Gasteiger partial charge is 0.261 e. The van der Waals surface area contributed by atoms with Crippen LogP contribution in [0.5, 0.6) is 5.75 Å². The Kier molecular flexibility index (Phi) is 5.09. The van der Waals surface area contributed by atoms with Gasteiger partial charge in [-0.3, -0.25) is 9.52 Å². The third-order valence-corrected chi connectivity index (χ3v) is 5.02. The quantitative estimate of drug-likeness (QED) is 0.624. The maximum Gasteiger partial charge on any atom is 0.261 e. The highest BCUT2D eigenvalue weighted by molar-refractivity contribution is 7.92. The summed E-state index contributed by atoms with van der Waals surface area (Å²) in [5.41, 5.74) is 0.998. The van der Waals surface area contributed by atoms with E-state index in [0.717, 1.165) is 24.3 Å². The van der Waals surface area contributed by atoms with Gasteiger partial charge < -0.3 is 10.4 Å². The Hall–Kier alpha value is -3.39. The van der Waals surface area contributed by atoms with Gasteiger partial charge in [-0.05, 0) is 60.7 Å². The SMILES string of the molecule is O=C(Nc1cccc(O)c1)c1ccc(NS(=O)(=O)c2ccc(F)cc2)cc1. The largest absolute Gasteiger partial charge is 0.508 e. The van der Waals surface area contributed by atoms with Crippen molar-refractivity contribution in [1.29, 1.82) is 0 Å². The molecule has 3 aromatic carbocycles. The van der Waals surface area contributed by atoms with Crippen LogP contribution in [-0.2, 0) is 10.0 Å². The number of hydrogen-bond donors (Lipinski definition) is 3. The minimum absolute atomic E-state index is 0.0262. The first-order valence-electron chi connectivity index (χ1n) is 7.82. The van der Waals surface area contributed by atoms with Crippen molar-refractivity contribution in [3.63, 3.8) is 0 Å². The van der Waals surface area contributed by atoms with Crippen LogP contribution in [0.15, 0.2) is 77.7 Å². The Morgan fingerprint density at radius 1 is 0.889 bits per heavy atom. The summed E-state index contributed by atoms with van der Waals surface area (Å²) >= 11 is 0. The lowest BCUT2D eigenvalue weighted by Gasteiger charge is -2.09. The van der Waals surface area contributed by atoms with Gasteiger partial charge in [-0.1, -0.05) is 6.07 Å². The number of benzene rings is 3. The number of sulfonamides is 1. The van der Waals surface area contributed by atoms with Gasteiger partial charge >= 0.3 is 0 Å². The fourth-order valence-corrected chi connectivity index (χ4v) is 3.36. The van der Waals surface area contributed by atoms with E-state index >= 15 is 0 Å². The monoisotopic (exact) mass is 386 g/mol. The second kappa shape index (κ2) is 7.46. The van der Waals surface area contributed by atoms with Crippen molar-refractivity contribution >= 4 is 27.3 Å². The van der Waals surface area contributed by atoms with Gasteiger partial charge in [0.2, 0.25) is 0 Å². The molecule has 6 nitrogen and oxygen atoms in total. The molecule has 0 fully saturated rings. The van der Waals surface area contributed by atoms with Gasteiger partial charge in [0.1, 0.15) is 11.6 Å². The normalized spacial score (nSPS) is 11.0. The molecule has 0 spiro atoms. The predicted octanol–water partition coefficient (Wildman–Crippen LogP) is 3.58. The second-order valence-electron chi connectivity index (χ2n) is 5.64. The molecule has 0 atom stereocenters. The molecule has 3 N–H and O–H groups in total. The average molecular weight is 386 g/mol. The van der Waals surface area contributed by atoms with E-state index in [0.29, 0.717) is 11.3 Å². The predicted molar refractivity (Wildman–Crippen MR) is 99.7 cm³/mol. The van der Waals surface area contributed by atoms with Crippen LogP contribution in [0, 0.1) is 5.82 Å². The number of amides is 1. The summed E-state index contributed by atoms with van der Waals surface area (Å²) < 4.78 is 39.8. The molecule has 138 valence electrons. The maximum atomic E-state index is 12.9. The van der Waals surface area contributed by atoms with Crippen molar-refractivity contribution in [3.8, 4) is 5.75 Å². The number of phenolic OH excluding ortho intramolecular Hbond substituents is 1. The number of rotatable bonds is 5. The first-order valence-corrected chi connectivity index (χ1v) is 9.31. The summed E-state index contributed by atoms with van der Waals surface area (Å²) in [6, 6.07) is 16.4. The van der Waals surface area contributed by atoms with Crippen LogP contribution in [0.4, 0.5) is 15.8 Å². The van der Waals surface area contributed by atoms with Crippen molar-refractivity contribution in [2.75, 3.05) is 10.0 Å². The van der Waals surface area contributed by atoms with E-state index in [1.807, 2.05) is 0 Å². The number of carbonyl (C=O) groups excluding carboxylic acids is 1. The van der Waals surface area contributed by atoms with E-state index in [9.17, 15) is 22.7 Å². The van der Waals surface area contributed by atoms with E-state index in [4.69, 9.17) is 0 Å². The molecule has 1 amide bonds. The number of nitrogens with one attached hydrogen (secondary N) is 2. The van der Waals surface area contributed by atoms with E-state index in [2.05, 4.69) is 10.0 Å². The minimum Gasteiger partial charge on any atom is -0.508 e. The molecular formula is C19H15FN2O4S. The lowest BCUT2D eigenvalue weighted by atomic mass is 10.2. The van der Waals surface area contributed by atoms with Crippen molar-refractivity contribution in [2.24, 2.45) is 0 Å². The highest BCUT2D eigenvalue weighted by Crippen LogP contribution is 2.19. The summed E-state index contributed by atoms with van der Waals surface area (Å²) in [5.74, 6) is -0.914. The highest BCUT2D eigenvalue weighted by Gasteiger charge is 2.14. The molecular weight excluding hydrogens is 371 g/mol. The standard InChI is InChI=1S/C19H15FN2O4S/c20-14-6-10-18(11-7-14)27(25,26)22-15-8-4-13(5-9-15)19(24)21-16-2-1-3-17(23)12-16/h1-12,22-23H,(H,21,24). The molecule has 0 aliphatic rings. The van der Waals surface area contributed by atoms with Crippen LogP contribution < -0.4 is 10.0 Å². The van der Waals surface area contributed by atoms with Gasteiger partial charge in [0.05, 0.1) is 4.90 Å². The molecule has 0 aromatic heterocycles. The molecule has 8 heteroatoms. The number of anilines is 2. The van der Waals surface area contributed by atoms with E-state index < -0.39 is 21.7 Å². The molecule has 0 aliphatic carbocycles. The third kappa shape index (κ3) is 4.62. The Morgan fingerprint density at radius 2 is 1.56 bits per heavy atom. The zero-order chi connectivity index (χ0) is 19.4. The molecule has 0 unspecified atom stereocenters. The van der Waals surface area contributed by atoms with Gasteiger partial charge in [0.15, 0.2) is 0 Å². The fourth-order valence-electron chi connectivity index (χ4n) is 2.30. The van der Waals surface area contributed by atoms with Gasteiger partial charge in [0.25, 0.3) is 15.9 Å². The van der Waals surface area contributed by atoms with Crippen molar-refractivity contribution in [2.45, 2.75) is 4.90 Å².